The third kappa shape index (κ3) is 1.48. The van der Waals surface area contributed by atoms with Crippen molar-refractivity contribution in [3.63, 3.8) is 0 Å². The van der Waals surface area contributed by atoms with Gasteiger partial charge < -0.3 is 5.73 Å². The molecule has 0 unspecified atom stereocenters. The lowest BCUT2D eigenvalue weighted by Crippen LogP contribution is -2.34. The zero-order valence-corrected chi connectivity index (χ0v) is 7.72. The Hall–Kier alpha value is -1.42. The van der Waals surface area contributed by atoms with Crippen LogP contribution in [0.3, 0.4) is 0 Å². The maximum absolute atomic E-state index is 10.7. The van der Waals surface area contributed by atoms with Gasteiger partial charge in [0, 0.05) is 17.7 Å². The van der Waals surface area contributed by atoms with Gasteiger partial charge in [-0.1, -0.05) is 18.2 Å². The van der Waals surface area contributed by atoms with Gasteiger partial charge in [0.2, 0.25) is 0 Å². The molecular weight excluding hydrogens is 180 g/mol. The van der Waals surface area contributed by atoms with Crippen LogP contribution in [0.1, 0.15) is 24.3 Å². The Kier molecular flexibility index (Phi) is 2.21. The monoisotopic (exact) mass is 192 g/mol. The number of nitro groups is 1. The molecule has 1 aromatic rings. The summed E-state index contributed by atoms with van der Waals surface area (Å²) in [7, 11) is 0. The van der Waals surface area contributed by atoms with Gasteiger partial charge in [-0.2, -0.15) is 0 Å². The predicted octanol–water partition coefficient (Wildman–Crippen LogP) is 1.80. The van der Waals surface area contributed by atoms with Crippen LogP contribution in [0.4, 0.5) is 5.69 Å². The molecule has 1 fully saturated rings. The van der Waals surface area contributed by atoms with Crippen LogP contribution in [0, 0.1) is 10.1 Å². The number of nitrogens with two attached hydrogens (primary N) is 1. The van der Waals surface area contributed by atoms with E-state index >= 15 is 0 Å². The molecule has 0 heterocycles. The van der Waals surface area contributed by atoms with Crippen molar-refractivity contribution in [1.29, 1.82) is 0 Å². The van der Waals surface area contributed by atoms with E-state index in [-0.39, 0.29) is 22.6 Å². The van der Waals surface area contributed by atoms with Crippen LogP contribution in [0.25, 0.3) is 0 Å². The zero-order chi connectivity index (χ0) is 10.1. The minimum absolute atomic E-state index is 0.222. The molecule has 0 spiro atoms. The molecule has 0 atom stereocenters. The first-order chi connectivity index (χ1) is 6.68. The highest BCUT2D eigenvalue weighted by molar-refractivity contribution is 5.43. The summed E-state index contributed by atoms with van der Waals surface area (Å²) < 4.78 is 0. The average Bonchev–Trinajstić information content (AvgIpc) is 2.13. The molecule has 0 aliphatic heterocycles. The van der Waals surface area contributed by atoms with E-state index in [1.54, 1.807) is 12.1 Å². The Morgan fingerprint density at radius 3 is 2.57 bits per heavy atom. The summed E-state index contributed by atoms with van der Waals surface area (Å²) in [5, 5.41) is 10.7. The number of para-hydroxylation sites is 1. The fourth-order valence-corrected chi connectivity index (χ4v) is 1.91. The molecule has 1 aromatic carbocycles. The van der Waals surface area contributed by atoms with E-state index in [1.807, 2.05) is 12.1 Å². The summed E-state index contributed by atoms with van der Waals surface area (Å²) in [6.07, 6.45) is 1.73. The number of benzene rings is 1. The first-order valence-electron chi connectivity index (χ1n) is 4.67. The van der Waals surface area contributed by atoms with Crippen molar-refractivity contribution in [3.05, 3.63) is 39.9 Å². The normalized spacial score (nSPS) is 25.5. The molecule has 0 saturated heterocycles. The van der Waals surface area contributed by atoms with Crippen LogP contribution in [0.5, 0.6) is 0 Å². The molecule has 1 aliphatic rings. The molecule has 0 aromatic heterocycles. The van der Waals surface area contributed by atoms with E-state index in [1.165, 1.54) is 0 Å². The molecule has 4 nitrogen and oxygen atoms in total. The van der Waals surface area contributed by atoms with Gasteiger partial charge in [-0.25, -0.2) is 0 Å². The largest absolute Gasteiger partial charge is 0.328 e. The summed E-state index contributed by atoms with van der Waals surface area (Å²) in [5.41, 5.74) is 6.72. The summed E-state index contributed by atoms with van der Waals surface area (Å²) in [6.45, 7) is 0. The highest BCUT2D eigenvalue weighted by Gasteiger charge is 2.31. The minimum Gasteiger partial charge on any atom is -0.328 e. The molecule has 4 heteroatoms. The lowest BCUT2D eigenvalue weighted by atomic mass is 9.76. The van der Waals surface area contributed by atoms with Crippen molar-refractivity contribution in [2.75, 3.05) is 0 Å². The molecule has 1 aliphatic carbocycles. The van der Waals surface area contributed by atoms with Gasteiger partial charge >= 0.3 is 0 Å². The average molecular weight is 192 g/mol. The Bertz CT molecular complexity index is 359. The highest BCUT2D eigenvalue weighted by Crippen LogP contribution is 2.39. The maximum atomic E-state index is 10.7. The lowest BCUT2D eigenvalue weighted by molar-refractivity contribution is -0.385. The smallest absolute Gasteiger partial charge is 0.272 e. The molecule has 0 bridgehead atoms. The fourth-order valence-electron chi connectivity index (χ4n) is 1.91. The van der Waals surface area contributed by atoms with Crippen molar-refractivity contribution >= 4 is 5.69 Å². The van der Waals surface area contributed by atoms with Gasteiger partial charge in [-0.05, 0) is 18.8 Å². The molecular formula is C10H12N2O2. The molecule has 74 valence electrons. The van der Waals surface area contributed by atoms with Gasteiger partial charge in [0.25, 0.3) is 5.69 Å². The van der Waals surface area contributed by atoms with E-state index in [9.17, 15) is 10.1 Å². The first-order valence-corrected chi connectivity index (χ1v) is 4.67. The SMILES string of the molecule is NC1CC(c2ccccc2[N+](=O)[O-])C1. The summed E-state index contributed by atoms with van der Waals surface area (Å²) in [5.74, 6) is 0.284. The topological polar surface area (TPSA) is 69.2 Å². The number of hydrogen-bond acceptors (Lipinski definition) is 3. The first kappa shape index (κ1) is 9.15. The van der Waals surface area contributed by atoms with Crippen molar-refractivity contribution in [2.24, 2.45) is 5.73 Å². The molecule has 14 heavy (non-hydrogen) atoms. The number of hydrogen-bond donors (Lipinski definition) is 1. The van der Waals surface area contributed by atoms with Gasteiger partial charge in [-0.15, -0.1) is 0 Å². The Balaban J connectivity index is 2.28. The van der Waals surface area contributed by atoms with Crippen LogP contribution < -0.4 is 5.73 Å². The third-order valence-electron chi connectivity index (χ3n) is 2.75. The van der Waals surface area contributed by atoms with E-state index in [0.717, 1.165) is 18.4 Å². The summed E-state index contributed by atoms with van der Waals surface area (Å²) in [6, 6.07) is 7.14. The Morgan fingerprint density at radius 2 is 2.00 bits per heavy atom. The number of nitrogens with zero attached hydrogens (tertiary/aromatic N) is 1. The fraction of sp³-hybridized carbons (Fsp3) is 0.400. The summed E-state index contributed by atoms with van der Waals surface area (Å²) >= 11 is 0. The number of rotatable bonds is 2. The molecule has 0 amide bonds. The van der Waals surface area contributed by atoms with Crippen LogP contribution in [0.2, 0.25) is 0 Å². The standard InChI is InChI=1S/C10H12N2O2/c11-8-5-7(6-8)9-3-1-2-4-10(9)12(13)14/h1-4,7-8H,5-6,11H2. The quantitative estimate of drug-likeness (QED) is 0.573. The van der Waals surface area contributed by atoms with Crippen LogP contribution in [-0.4, -0.2) is 11.0 Å². The Labute approximate surface area is 81.9 Å². The van der Waals surface area contributed by atoms with Crippen LogP contribution in [-0.2, 0) is 0 Å². The van der Waals surface area contributed by atoms with E-state index in [0.29, 0.717) is 0 Å². The third-order valence-corrected chi connectivity index (χ3v) is 2.75. The molecule has 1 saturated carbocycles. The lowest BCUT2D eigenvalue weighted by Gasteiger charge is -2.32. The van der Waals surface area contributed by atoms with Crippen molar-refractivity contribution in [2.45, 2.75) is 24.8 Å². The zero-order valence-electron chi connectivity index (χ0n) is 7.72. The second-order valence-electron chi connectivity index (χ2n) is 3.74. The van der Waals surface area contributed by atoms with Gasteiger partial charge in [0.1, 0.15) is 0 Å². The van der Waals surface area contributed by atoms with Gasteiger partial charge in [0.05, 0.1) is 4.92 Å². The Morgan fingerprint density at radius 1 is 1.36 bits per heavy atom. The van der Waals surface area contributed by atoms with Crippen molar-refractivity contribution in [3.8, 4) is 0 Å². The second kappa shape index (κ2) is 3.38. The number of nitro benzene ring substituents is 1. The van der Waals surface area contributed by atoms with Crippen LogP contribution in [0.15, 0.2) is 24.3 Å². The van der Waals surface area contributed by atoms with E-state index in [2.05, 4.69) is 0 Å². The van der Waals surface area contributed by atoms with Crippen molar-refractivity contribution < 1.29 is 4.92 Å². The predicted molar refractivity (Wildman–Crippen MR) is 53.0 cm³/mol. The van der Waals surface area contributed by atoms with Gasteiger partial charge in [0.15, 0.2) is 0 Å². The van der Waals surface area contributed by atoms with E-state index < -0.39 is 0 Å². The van der Waals surface area contributed by atoms with E-state index in [4.69, 9.17) is 5.73 Å². The highest BCUT2D eigenvalue weighted by atomic mass is 16.6. The summed E-state index contributed by atoms with van der Waals surface area (Å²) in [4.78, 5) is 10.4. The minimum atomic E-state index is -0.320. The van der Waals surface area contributed by atoms with Gasteiger partial charge in [-0.3, -0.25) is 10.1 Å². The van der Waals surface area contributed by atoms with Crippen LogP contribution >= 0.6 is 0 Å². The molecule has 2 rings (SSSR count). The molecule has 0 radical (unpaired) electrons. The maximum Gasteiger partial charge on any atom is 0.272 e. The second-order valence-corrected chi connectivity index (χ2v) is 3.74. The molecule has 2 N–H and O–H groups in total. The van der Waals surface area contributed by atoms with Crippen molar-refractivity contribution in [1.82, 2.24) is 0 Å².